The summed E-state index contributed by atoms with van der Waals surface area (Å²) in [6, 6.07) is 5.44. The fraction of sp³-hybridized carbons (Fsp3) is 0.308. The standard InChI is InChI=1S/C13H17N5O/c1-10(11-4-2-3-6-15-11)17-13(19)12-8-18(7-5-14)9-16-12/h2-4,6,8-10H,5,7,14H2,1H3,(H,17,19). The van der Waals surface area contributed by atoms with Crippen LogP contribution < -0.4 is 11.1 Å². The molecule has 0 bridgehead atoms. The molecule has 6 heteroatoms. The van der Waals surface area contributed by atoms with Crippen molar-refractivity contribution >= 4 is 5.91 Å². The van der Waals surface area contributed by atoms with Crippen LogP contribution in [-0.4, -0.2) is 27.0 Å². The summed E-state index contributed by atoms with van der Waals surface area (Å²) < 4.78 is 1.79. The zero-order valence-corrected chi connectivity index (χ0v) is 10.8. The zero-order chi connectivity index (χ0) is 13.7. The molecule has 0 saturated heterocycles. The zero-order valence-electron chi connectivity index (χ0n) is 10.8. The average Bonchev–Trinajstić information content (AvgIpc) is 2.89. The first-order valence-corrected chi connectivity index (χ1v) is 6.14. The van der Waals surface area contributed by atoms with Gasteiger partial charge in [-0.05, 0) is 19.1 Å². The van der Waals surface area contributed by atoms with Gasteiger partial charge in [-0.3, -0.25) is 9.78 Å². The van der Waals surface area contributed by atoms with Gasteiger partial charge in [0, 0.05) is 25.5 Å². The highest BCUT2D eigenvalue weighted by Crippen LogP contribution is 2.09. The SMILES string of the molecule is CC(NC(=O)c1cn(CCN)cn1)c1ccccn1. The number of carbonyl (C=O) groups is 1. The molecule has 1 atom stereocenters. The van der Waals surface area contributed by atoms with Crippen LogP contribution >= 0.6 is 0 Å². The van der Waals surface area contributed by atoms with E-state index < -0.39 is 0 Å². The molecule has 19 heavy (non-hydrogen) atoms. The second-order valence-electron chi connectivity index (χ2n) is 4.24. The summed E-state index contributed by atoms with van der Waals surface area (Å²) in [5.74, 6) is -0.214. The van der Waals surface area contributed by atoms with Crippen molar-refractivity contribution in [1.82, 2.24) is 19.9 Å². The topological polar surface area (TPSA) is 85.8 Å². The number of imidazole rings is 1. The van der Waals surface area contributed by atoms with E-state index in [1.807, 2.05) is 25.1 Å². The fourth-order valence-electron chi connectivity index (χ4n) is 1.73. The molecule has 6 nitrogen and oxygen atoms in total. The molecular formula is C13H17N5O. The number of nitrogens with zero attached hydrogens (tertiary/aromatic N) is 3. The van der Waals surface area contributed by atoms with Gasteiger partial charge < -0.3 is 15.6 Å². The van der Waals surface area contributed by atoms with E-state index in [4.69, 9.17) is 5.73 Å². The highest BCUT2D eigenvalue weighted by atomic mass is 16.2. The Morgan fingerprint density at radius 2 is 2.32 bits per heavy atom. The summed E-state index contributed by atoms with van der Waals surface area (Å²) >= 11 is 0. The molecule has 2 aromatic rings. The summed E-state index contributed by atoms with van der Waals surface area (Å²) in [5, 5.41) is 2.86. The quantitative estimate of drug-likeness (QED) is 0.828. The first-order valence-electron chi connectivity index (χ1n) is 6.14. The Kier molecular flexibility index (Phi) is 4.25. The number of aromatic nitrogens is 3. The third-order valence-electron chi connectivity index (χ3n) is 2.73. The van der Waals surface area contributed by atoms with Gasteiger partial charge >= 0.3 is 0 Å². The van der Waals surface area contributed by atoms with Gasteiger partial charge in [0.1, 0.15) is 5.69 Å². The molecule has 3 N–H and O–H groups in total. The van der Waals surface area contributed by atoms with E-state index in [2.05, 4.69) is 15.3 Å². The van der Waals surface area contributed by atoms with Crippen LogP contribution in [-0.2, 0) is 6.54 Å². The third kappa shape index (κ3) is 3.38. The lowest BCUT2D eigenvalue weighted by Crippen LogP contribution is -2.27. The average molecular weight is 259 g/mol. The number of pyridine rings is 1. The number of nitrogens with one attached hydrogen (secondary N) is 1. The van der Waals surface area contributed by atoms with Crippen LogP contribution in [0.25, 0.3) is 0 Å². The molecule has 0 aromatic carbocycles. The first-order chi connectivity index (χ1) is 9.20. The molecule has 2 heterocycles. The number of amides is 1. The summed E-state index contributed by atoms with van der Waals surface area (Å²) in [7, 11) is 0. The normalized spacial score (nSPS) is 12.1. The molecule has 0 radical (unpaired) electrons. The molecule has 0 aliphatic heterocycles. The van der Waals surface area contributed by atoms with Crippen LogP contribution in [0.15, 0.2) is 36.9 Å². The van der Waals surface area contributed by atoms with Crippen molar-refractivity contribution in [2.24, 2.45) is 5.73 Å². The van der Waals surface area contributed by atoms with E-state index in [0.717, 1.165) is 5.69 Å². The Hall–Kier alpha value is -2.21. The predicted octanol–water partition coefficient (Wildman–Crippen LogP) is 0.728. The number of carbonyl (C=O) groups excluding carboxylic acids is 1. The van der Waals surface area contributed by atoms with Gasteiger partial charge in [0.25, 0.3) is 5.91 Å². The van der Waals surface area contributed by atoms with Crippen molar-refractivity contribution in [3.05, 3.63) is 48.3 Å². The maximum Gasteiger partial charge on any atom is 0.271 e. The van der Waals surface area contributed by atoms with Gasteiger partial charge in [0.05, 0.1) is 18.1 Å². The number of rotatable bonds is 5. The van der Waals surface area contributed by atoms with Crippen molar-refractivity contribution in [2.45, 2.75) is 19.5 Å². The van der Waals surface area contributed by atoms with Crippen molar-refractivity contribution < 1.29 is 4.79 Å². The highest BCUT2D eigenvalue weighted by Gasteiger charge is 2.14. The summed E-state index contributed by atoms with van der Waals surface area (Å²) in [6.45, 7) is 3.05. The number of hydrogen-bond donors (Lipinski definition) is 2. The minimum absolute atomic E-state index is 0.159. The highest BCUT2D eigenvalue weighted by molar-refractivity contribution is 5.92. The van der Waals surface area contributed by atoms with Crippen molar-refractivity contribution in [3.63, 3.8) is 0 Å². The molecule has 0 aliphatic rings. The van der Waals surface area contributed by atoms with Gasteiger partial charge in [-0.25, -0.2) is 4.98 Å². The Bertz CT molecular complexity index is 537. The largest absolute Gasteiger partial charge is 0.343 e. The third-order valence-corrected chi connectivity index (χ3v) is 2.73. The van der Waals surface area contributed by atoms with Gasteiger partial charge in [0.15, 0.2) is 0 Å². The molecule has 2 rings (SSSR count). The molecule has 0 saturated carbocycles. The van der Waals surface area contributed by atoms with Gasteiger partial charge in [-0.15, -0.1) is 0 Å². The minimum Gasteiger partial charge on any atom is -0.343 e. The van der Waals surface area contributed by atoms with Gasteiger partial charge in [-0.2, -0.15) is 0 Å². The molecule has 100 valence electrons. The van der Waals surface area contributed by atoms with Crippen LogP contribution in [0.3, 0.4) is 0 Å². The number of hydrogen-bond acceptors (Lipinski definition) is 4. The Morgan fingerprint density at radius 3 is 3.00 bits per heavy atom. The van der Waals surface area contributed by atoms with Crippen LogP contribution in [0.1, 0.15) is 29.1 Å². The molecule has 0 aliphatic carbocycles. The van der Waals surface area contributed by atoms with Crippen LogP contribution in [0.4, 0.5) is 0 Å². The molecule has 1 amide bonds. The molecule has 0 fully saturated rings. The van der Waals surface area contributed by atoms with Crippen LogP contribution in [0.2, 0.25) is 0 Å². The summed E-state index contributed by atoms with van der Waals surface area (Å²) in [6.07, 6.45) is 4.99. The smallest absolute Gasteiger partial charge is 0.271 e. The Labute approximate surface area is 111 Å². The molecular weight excluding hydrogens is 242 g/mol. The monoisotopic (exact) mass is 259 g/mol. The Balaban J connectivity index is 2.00. The maximum atomic E-state index is 12.0. The maximum absolute atomic E-state index is 12.0. The lowest BCUT2D eigenvalue weighted by atomic mass is 10.2. The van der Waals surface area contributed by atoms with Gasteiger partial charge in [0.2, 0.25) is 0 Å². The van der Waals surface area contributed by atoms with Crippen molar-refractivity contribution in [1.29, 1.82) is 0 Å². The second kappa shape index (κ2) is 6.10. The van der Waals surface area contributed by atoms with E-state index in [-0.39, 0.29) is 11.9 Å². The Morgan fingerprint density at radius 1 is 1.47 bits per heavy atom. The molecule has 1 unspecified atom stereocenters. The van der Waals surface area contributed by atoms with E-state index in [1.54, 1.807) is 23.3 Å². The number of nitrogens with two attached hydrogens (primary N) is 1. The van der Waals surface area contributed by atoms with Gasteiger partial charge in [-0.1, -0.05) is 6.07 Å². The predicted molar refractivity (Wildman–Crippen MR) is 71.4 cm³/mol. The first kappa shape index (κ1) is 13.2. The summed E-state index contributed by atoms with van der Waals surface area (Å²) in [4.78, 5) is 20.3. The second-order valence-corrected chi connectivity index (χ2v) is 4.24. The van der Waals surface area contributed by atoms with E-state index in [9.17, 15) is 4.79 Å². The molecule has 0 spiro atoms. The van der Waals surface area contributed by atoms with Crippen molar-refractivity contribution in [2.75, 3.05) is 6.54 Å². The van der Waals surface area contributed by atoms with E-state index >= 15 is 0 Å². The fourth-order valence-corrected chi connectivity index (χ4v) is 1.73. The lowest BCUT2D eigenvalue weighted by Gasteiger charge is -2.11. The van der Waals surface area contributed by atoms with E-state index in [1.165, 1.54) is 0 Å². The summed E-state index contributed by atoms with van der Waals surface area (Å²) in [5.41, 5.74) is 6.65. The van der Waals surface area contributed by atoms with Crippen molar-refractivity contribution in [3.8, 4) is 0 Å². The van der Waals surface area contributed by atoms with Crippen LogP contribution in [0.5, 0.6) is 0 Å². The lowest BCUT2D eigenvalue weighted by molar-refractivity contribution is 0.0934. The van der Waals surface area contributed by atoms with E-state index in [0.29, 0.717) is 18.8 Å². The minimum atomic E-state index is -0.214. The molecule has 2 aromatic heterocycles. The van der Waals surface area contributed by atoms with Crippen LogP contribution in [0, 0.1) is 0 Å².